The van der Waals surface area contributed by atoms with Gasteiger partial charge >= 0.3 is 0 Å². The molecule has 0 saturated heterocycles. The fraction of sp³-hybridized carbons (Fsp3) is 0.533. The normalized spacial score (nSPS) is 15.9. The van der Waals surface area contributed by atoms with Gasteiger partial charge in [-0.25, -0.2) is 4.98 Å². The zero-order chi connectivity index (χ0) is 13.5. The molecule has 2 heterocycles. The maximum absolute atomic E-state index is 4.90. The third kappa shape index (κ3) is 3.25. The molecule has 0 aromatic carbocycles. The molecule has 1 N–H and O–H groups in total. The molecule has 0 spiro atoms. The van der Waals surface area contributed by atoms with Gasteiger partial charge in [0.2, 0.25) is 0 Å². The molecular formula is C15H20N2S2. The van der Waals surface area contributed by atoms with E-state index in [0.717, 1.165) is 12.5 Å². The molecule has 0 atom stereocenters. The molecule has 3 rings (SSSR count). The first-order chi connectivity index (χ1) is 9.03. The minimum absolute atomic E-state index is 0.160. The number of nitrogens with zero attached hydrogens (tertiary/aromatic N) is 1. The molecule has 1 aliphatic carbocycles. The van der Waals surface area contributed by atoms with Gasteiger partial charge in [0.15, 0.2) is 0 Å². The minimum Gasteiger partial charge on any atom is -0.307 e. The third-order valence-corrected chi connectivity index (χ3v) is 5.04. The first-order valence-corrected chi connectivity index (χ1v) is 8.56. The second-order valence-electron chi connectivity index (χ2n) is 6.22. The van der Waals surface area contributed by atoms with E-state index in [9.17, 15) is 0 Å². The molecule has 0 bridgehead atoms. The number of aromatic nitrogens is 1. The molecule has 2 aromatic heterocycles. The van der Waals surface area contributed by atoms with Crippen LogP contribution in [0.25, 0.3) is 10.6 Å². The van der Waals surface area contributed by atoms with Gasteiger partial charge < -0.3 is 5.32 Å². The summed E-state index contributed by atoms with van der Waals surface area (Å²) in [5, 5.41) is 9.10. The Morgan fingerprint density at radius 2 is 2.16 bits per heavy atom. The van der Waals surface area contributed by atoms with E-state index in [1.165, 1.54) is 34.0 Å². The van der Waals surface area contributed by atoms with Crippen molar-refractivity contribution in [3.8, 4) is 10.6 Å². The molecule has 0 radical (unpaired) electrons. The highest BCUT2D eigenvalue weighted by molar-refractivity contribution is 7.15. The van der Waals surface area contributed by atoms with E-state index >= 15 is 0 Å². The lowest BCUT2D eigenvalue weighted by Gasteiger charge is -2.20. The Morgan fingerprint density at radius 1 is 1.37 bits per heavy atom. The molecule has 19 heavy (non-hydrogen) atoms. The van der Waals surface area contributed by atoms with Gasteiger partial charge in [0.25, 0.3) is 0 Å². The van der Waals surface area contributed by atoms with Crippen molar-refractivity contribution in [2.45, 2.75) is 51.6 Å². The van der Waals surface area contributed by atoms with Crippen LogP contribution in [0.1, 0.15) is 50.1 Å². The fourth-order valence-electron chi connectivity index (χ4n) is 2.02. The van der Waals surface area contributed by atoms with Gasteiger partial charge in [0.1, 0.15) is 5.01 Å². The molecule has 4 heteroatoms. The average Bonchev–Trinajstić information content (AvgIpc) is 2.90. The maximum Gasteiger partial charge on any atom is 0.124 e. The quantitative estimate of drug-likeness (QED) is 0.888. The van der Waals surface area contributed by atoms with E-state index in [1.807, 2.05) is 11.3 Å². The van der Waals surface area contributed by atoms with Crippen molar-refractivity contribution in [2.24, 2.45) is 0 Å². The molecule has 2 aromatic rings. The number of hydrogen-bond donors (Lipinski definition) is 1. The van der Waals surface area contributed by atoms with Crippen LogP contribution in [0.15, 0.2) is 16.8 Å². The number of thiazole rings is 1. The number of hydrogen-bond acceptors (Lipinski definition) is 4. The van der Waals surface area contributed by atoms with Crippen molar-refractivity contribution < 1.29 is 0 Å². The Morgan fingerprint density at radius 3 is 2.74 bits per heavy atom. The van der Waals surface area contributed by atoms with Gasteiger partial charge in [-0.1, -0.05) is 0 Å². The van der Waals surface area contributed by atoms with Crippen molar-refractivity contribution in [3.05, 3.63) is 27.4 Å². The van der Waals surface area contributed by atoms with Crippen LogP contribution in [0.3, 0.4) is 0 Å². The van der Waals surface area contributed by atoms with Crippen molar-refractivity contribution >= 4 is 22.7 Å². The van der Waals surface area contributed by atoms with Crippen molar-refractivity contribution in [1.82, 2.24) is 10.3 Å². The summed E-state index contributed by atoms with van der Waals surface area (Å²) in [7, 11) is 0. The number of thiophene rings is 1. The summed E-state index contributed by atoms with van der Waals surface area (Å²) in [4.78, 5) is 6.33. The second-order valence-corrected chi connectivity index (χ2v) is 8.08. The Hall–Kier alpha value is -0.710. The van der Waals surface area contributed by atoms with Gasteiger partial charge in [0, 0.05) is 33.8 Å². The number of nitrogens with one attached hydrogen (secondary N) is 1. The molecule has 1 saturated carbocycles. The Balaban J connectivity index is 1.85. The summed E-state index contributed by atoms with van der Waals surface area (Å²) in [6.45, 7) is 7.58. The van der Waals surface area contributed by atoms with E-state index in [0.29, 0.717) is 0 Å². The van der Waals surface area contributed by atoms with Crippen LogP contribution in [0, 0.1) is 0 Å². The largest absolute Gasteiger partial charge is 0.307 e. The van der Waals surface area contributed by atoms with Crippen LogP contribution >= 0.6 is 22.7 Å². The summed E-state index contributed by atoms with van der Waals surface area (Å²) >= 11 is 3.60. The highest BCUT2D eigenvalue weighted by Gasteiger charge is 2.30. The summed E-state index contributed by atoms with van der Waals surface area (Å²) in [5.41, 5.74) is 2.79. The molecule has 0 amide bonds. The van der Waals surface area contributed by atoms with Crippen LogP contribution in [0.2, 0.25) is 0 Å². The van der Waals surface area contributed by atoms with Crippen LogP contribution < -0.4 is 5.32 Å². The second kappa shape index (κ2) is 5.00. The monoisotopic (exact) mass is 292 g/mol. The fourth-order valence-corrected chi connectivity index (χ4v) is 3.82. The predicted molar refractivity (Wildman–Crippen MR) is 84.0 cm³/mol. The topological polar surface area (TPSA) is 24.9 Å². The van der Waals surface area contributed by atoms with E-state index in [1.54, 1.807) is 11.3 Å². The highest BCUT2D eigenvalue weighted by Crippen LogP contribution is 2.44. The smallest absolute Gasteiger partial charge is 0.124 e. The summed E-state index contributed by atoms with van der Waals surface area (Å²) < 4.78 is 0. The minimum atomic E-state index is 0.160. The number of rotatable bonds is 4. The molecule has 0 aliphatic heterocycles. The maximum atomic E-state index is 4.90. The molecule has 0 unspecified atom stereocenters. The molecule has 102 valence electrons. The van der Waals surface area contributed by atoms with Crippen LogP contribution in [0.5, 0.6) is 0 Å². The van der Waals surface area contributed by atoms with E-state index < -0.39 is 0 Å². The van der Waals surface area contributed by atoms with Crippen molar-refractivity contribution in [3.63, 3.8) is 0 Å². The highest BCUT2D eigenvalue weighted by atomic mass is 32.1. The van der Waals surface area contributed by atoms with Crippen LogP contribution in [-0.2, 0) is 6.54 Å². The van der Waals surface area contributed by atoms with E-state index in [-0.39, 0.29) is 5.54 Å². The third-order valence-electron chi connectivity index (χ3n) is 3.24. The Bertz CT molecular complexity index is 545. The van der Waals surface area contributed by atoms with Gasteiger partial charge in [0.05, 0.1) is 5.69 Å². The zero-order valence-corrected chi connectivity index (χ0v) is 13.3. The Labute approximate surface area is 122 Å². The van der Waals surface area contributed by atoms with Gasteiger partial charge in [-0.15, -0.1) is 11.3 Å². The van der Waals surface area contributed by atoms with E-state index in [4.69, 9.17) is 4.98 Å². The van der Waals surface area contributed by atoms with Gasteiger partial charge in [-0.05, 0) is 45.1 Å². The first kappa shape index (κ1) is 13.3. The first-order valence-electron chi connectivity index (χ1n) is 6.80. The lowest BCUT2D eigenvalue weighted by molar-refractivity contribution is 0.425. The standard InChI is InChI=1S/C15H20N2S2/c1-15(2,3)16-8-12-13(10-4-5-10)17-14(19-12)11-6-7-18-9-11/h6-7,9-10,16H,4-5,8H2,1-3H3. The lowest BCUT2D eigenvalue weighted by Crippen LogP contribution is -2.35. The van der Waals surface area contributed by atoms with Crippen molar-refractivity contribution in [1.29, 1.82) is 0 Å². The van der Waals surface area contributed by atoms with Gasteiger partial charge in [-0.3, -0.25) is 0 Å². The van der Waals surface area contributed by atoms with E-state index in [2.05, 4.69) is 42.9 Å². The molecule has 1 aliphatic rings. The summed E-state index contributed by atoms with van der Waals surface area (Å²) in [5.74, 6) is 0.723. The molecular weight excluding hydrogens is 272 g/mol. The predicted octanol–water partition coefficient (Wildman–Crippen LogP) is 4.64. The van der Waals surface area contributed by atoms with Gasteiger partial charge in [-0.2, -0.15) is 11.3 Å². The van der Waals surface area contributed by atoms with Crippen LogP contribution in [-0.4, -0.2) is 10.5 Å². The lowest BCUT2D eigenvalue weighted by atomic mass is 10.1. The van der Waals surface area contributed by atoms with Crippen LogP contribution in [0.4, 0.5) is 0 Å². The SMILES string of the molecule is CC(C)(C)NCc1sc(-c2ccsc2)nc1C1CC1. The summed E-state index contributed by atoms with van der Waals surface area (Å²) in [6.07, 6.45) is 2.63. The van der Waals surface area contributed by atoms with Crippen molar-refractivity contribution in [2.75, 3.05) is 0 Å². The summed E-state index contributed by atoms with van der Waals surface area (Å²) in [6, 6.07) is 2.17. The molecule has 1 fully saturated rings. The Kier molecular flexibility index (Phi) is 3.50. The zero-order valence-electron chi connectivity index (χ0n) is 11.7. The average molecular weight is 292 g/mol. The molecule has 2 nitrogen and oxygen atoms in total.